The molecule has 28 heavy (non-hydrogen) atoms. The lowest BCUT2D eigenvalue weighted by molar-refractivity contribution is -0.127. The van der Waals surface area contributed by atoms with Gasteiger partial charge in [-0.15, -0.1) is 0 Å². The first-order valence-corrected chi connectivity index (χ1v) is 9.29. The second-order valence-corrected chi connectivity index (χ2v) is 6.78. The van der Waals surface area contributed by atoms with Gasteiger partial charge in [0, 0.05) is 5.56 Å². The standard InChI is InChI=1S/C20H18N2O5S/c21-18(23)13-22-19(24)17(28-20(22)25)12-14-6-4-5-9-16(14)27-11-10-26-15-7-2-1-3-8-15/h1-9,12H,10-11,13H2,(H2,21,23)/b17-12-. The number of hydrogen-bond donors (Lipinski definition) is 1. The molecule has 3 amide bonds. The summed E-state index contributed by atoms with van der Waals surface area (Å²) in [7, 11) is 0. The van der Waals surface area contributed by atoms with Gasteiger partial charge in [0.25, 0.3) is 11.1 Å². The molecule has 2 aromatic carbocycles. The van der Waals surface area contributed by atoms with E-state index in [1.54, 1.807) is 24.3 Å². The lowest BCUT2D eigenvalue weighted by Crippen LogP contribution is -2.36. The number of amides is 3. The van der Waals surface area contributed by atoms with Crippen molar-refractivity contribution in [2.24, 2.45) is 5.73 Å². The maximum Gasteiger partial charge on any atom is 0.294 e. The number of carbonyl (C=O) groups excluding carboxylic acids is 3. The van der Waals surface area contributed by atoms with E-state index in [0.717, 1.165) is 22.4 Å². The Morgan fingerprint density at radius 3 is 2.43 bits per heavy atom. The minimum absolute atomic E-state index is 0.211. The average Bonchev–Trinajstić information content (AvgIpc) is 2.94. The Balaban J connectivity index is 1.65. The van der Waals surface area contributed by atoms with E-state index in [0.29, 0.717) is 24.5 Å². The molecular formula is C20H18N2O5S. The van der Waals surface area contributed by atoms with Crippen LogP contribution < -0.4 is 15.2 Å². The number of nitrogens with zero attached hydrogens (tertiary/aromatic N) is 1. The maximum atomic E-state index is 12.3. The number of primary amides is 1. The van der Waals surface area contributed by atoms with Crippen molar-refractivity contribution in [3.05, 3.63) is 65.1 Å². The van der Waals surface area contributed by atoms with Gasteiger partial charge in [-0.25, -0.2) is 0 Å². The van der Waals surface area contributed by atoms with Crippen molar-refractivity contribution in [1.29, 1.82) is 0 Å². The van der Waals surface area contributed by atoms with Gasteiger partial charge in [-0.05, 0) is 36.0 Å². The topological polar surface area (TPSA) is 98.9 Å². The summed E-state index contributed by atoms with van der Waals surface area (Å²) in [5, 5.41) is -0.523. The molecule has 0 atom stereocenters. The molecule has 0 aliphatic carbocycles. The number of thioether (sulfide) groups is 1. The van der Waals surface area contributed by atoms with Crippen LogP contribution in [0.4, 0.5) is 4.79 Å². The molecule has 1 fully saturated rings. The fraction of sp³-hybridized carbons (Fsp3) is 0.150. The Bertz CT molecular complexity index is 914. The van der Waals surface area contributed by atoms with Crippen LogP contribution in [0, 0.1) is 0 Å². The molecule has 1 aliphatic rings. The lowest BCUT2D eigenvalue weighted by atomic mass is 10.2. The predicted molar refractivity (Wildman–Crippen MR) is 106 cm³/mol. The van der Waals surface area contributed by atoms with Gasteiger partial charge in [0.15, 0.2) is 0 Å². The van der Waals surface area contributed by atoms with Crippen LogP contribution in [-0.4, -0.2) is 41.7 Å². The Morgan fingerprint density at radius 2 is 1.68 bits per heavy atom. The SMILES string of the molecule is NC(=O)CN1C(=O)S/C(=C\c2ccccc2OCCOc2ccccc2)C1=O. The summed E-state index contributed by atoms with van der Waals surface area (Å²) in [5.74, 6) is 0.0186. The van der Waals surface area contributed by atoms with Gasteiger partial charge >= 0.3 is 0 Å². The van der Waals surface area contributed by atoms with E-state index < -0.39 is 23.6 Å². The van der Waals surface area contributed by atoms with Crippen LogP contribution in [-0.2, 0) is 9.59 Å². The van der Waals surface area contributed by atoms with Crippen LogP contribution in [0.25, 0.3) is 6.08 Å². The highest BCUT2D eigenvalue weighted by atomic mass is 32.2. The van der Waals surface area contributed by atoms with E-state index in [1.807, 2.05) is 36.4 Å². The van der Waals surface area contributed by atoms with Gasteiger partial charge in [0.1, 0.15) is 31.3 Å². The Kier molecular flexibility index (Phi) is 6.33. The van der Waals surface area contributed by atoms with Crippen LogP contribution >= 0.6 is 11.8 Å². The van der Waals surface area contributed by atoms with E-state index in [-0.39, 0.29) is 4.91 Å². The Morgan fingerprint density at radius 1 is 1.00 bits per heavy atom. The summed E-state index contributed by atoms with van der Waals surface area (Å²) in [5.41, 5.74) is 5.73. The summed E-state index contributed by atoms with van der Waals surface area (Å²) >= 11 is 0.763. The molecule has 2 N–H and O–H groups in total. The summed E-state index contributed by atoms with van der Waals surface area (Å²) in [4.78, 5) is 36.3. The Hall–Kier alpha value is -3.26. The quantitative estimate of drug-likeness (QED) is 0.542. The molecule has 1 saturated heterocycles. The molecule has 3 rings (SSSR count). The highest BCUT2D eigenvalue weighted by Gasteiger charge is 2.35. The van der Waals surface area contributed by atoms with Gasteiger partial charge in [-0.1, -0.05) is 36.4 Å². The molecule has 0 radical (unpaired) electrons. The number of ether oxygens (including phenoxy) is 2. The smallest absolute Gasteiger partial charge is 0.294 e. The monoisotopic (exact) mass is 398 g/mol. The van der Waals surface area contributed by atoms with E-state index in [1.165, 1.54) is 0 Å². The number of benzene rings is 2. The van der Waals surface area contributed by atoms with E-state index in [4.69, 9.17) is 15.2 Å². The number of rotatable bonds is 8. The normalized spacial score (nSPS) is 15.1. The van der Waals surface area contributed by atoms with Crippen molar-refractivity contribution in [3.63, 3.8) is 0 Å². The molecule has 0 aromatic heterocycles. The van der Waals surface area contributed by atoms with Gasteiger partial charge in [-0.3, -0.25) is 19.3 Å². The first-order chi connectivity index (χ1) is 13.5. The average molecular weight is 398 g/mol. The third-order valence-corrected chi connectivity index (χ3v) is 4.65. The molecule has 2 aromatic rings. The molecule has 7 nitrogen and oxygen atoms in total. The highest BCUT2D eigenvalue weighted by Crippen LogP contribution is 2.33. The lowest BCUT2D eigenvalue weighted by Gasteiger charge is -2.11. The number of imide groups is 1. The second kappa shape index (κ2) is 9.09. The maximum absolute atomic E-state index is 12.3. The van der Waals surface area contributed by atoms with E-state index >= 15 is 0 Å². The molecule has 0 saturated carbocycles. The van der Waals surface area contributed by atoms with Crippen molar-refractivity contribution in [2.75, 3.05) is 19.8 Å². The van der Waals surface area contributed by atoms with Gasteiger partial charge in [0.2, 0.25) is 5.91 Å². The van der Waals surface area contributed by atoms with Crippen molar-refractivity contribution in [2.45, 2.75) is 0 Å². The first kappa shape index (κ1) is 19.5. The fourth-order valence-electron chi connectivity index (χ4n) is 2.49. The summed E-state index contributed by atoms with van der Waals surface area (Å²) in [6, 6.07) is 16.5. The van der Waals surface area contributed by atoms with Crippen LogP contribution in [0.5, 0.6) is 11.5 Å². The fourth-order valence-corrected chi connectivity index (χ4v) is 3.32. The highest BCUT2D eigenvalue weighted by molar-refractivity contribution is 8.18. The summed E-state index contributed by atoms with van der Waals surface area (Å²) in [6.07, 6.45) is 1.57. The second-order valence-electron chi connectivity index (χ2n) is 5.78. The van der Waals surface area contributed by atoms with E-state index in [2.05, 4.69) is 0 Å². The minimum Gasteiger partial charge on any atom is -0.490 e. The zero-order valence-electron chi connectivity index (χ0n) is 14.9. The van der Waals surface area contributed by atoms with Crippen LogP contribution in [0.2, 0.25) is 0 Å². The molecule has 0 spiro atoms. The molecule has 0 unspecified atom stereocenters. The van der Waals surface area contributed by atoms with Crippen molar-refractivity contribution in [1.82, 2.24) is 4.90 Å². The van der Waals surface area contributed by atoms with Gasteiger partial charge < -0.3 is 15.2 Å². The van der Waals surface area contributed by atoms with E-state index in [9.17, 15) is 14.4 Å². The molecular weight excluding hydrogens is 380 g/mol. The third-order valence-electron chi connectivity index (χ3n) is 3.75. The zero-order chi connectivity index (χ0) is 19.9. The van der Waals surface area contributed by atoms with Crippen molar-refractivity contribution >= 4 is 34.9 Å². The minimum atomic E-state index is -0.745. The van der Waals surface area contributed by atoms with Crippen LogP contribution in [0.15, 0.2) is 59.5 Å². The molecule has 1 aliphatic heterocycles. The summed E-state index contributed by atoms with van der Waals surface area (Å²) < 4.78 is 11.3. The molecule has 8 heteroatoms. The Labute approximate surface area is 166 Å². The van der Waals surface area contributed by atoms with Gasteiger partial charge in [0.05, 0.1) is 4.91 Å². The molecule has 0 bridgehead atoms. The number of hydrogen-bond acceptors (Lipinski definition) is 6. The van der Waals surface area contributed by atoms with Crippen LogP contribution in [0.3, 0.4) is 0 Å². The number of carbonyl (C=O) groups is 3. The first-order valence-electron chi connectivity index (χ1n) is 8.48. The third kappa shape index (κ3) is 4.92. The van der Waals surface area contributed by atoms with Crippen molar-refractivity contribution < 1.29 is 23.9 Å². The zero-order valence-corrected chi connectivity index (χ0v) is 15.7. The number of para-hydroxylation sites is 2. The molecule has 1 heterocycles. The summed E-state index contributed by atoms with van der Waals surface area (Å²) in [6.45, 7) is 0.230. The number of nitrogens with two attached hydrogens (primary N) is 1. The van der Waals surface area contributed by atoms with Crippen LogP contribution in [0.1, 0.15) is 5.56 Å². The van der Waals surface area contributed by atoms with Gasteiger partial charge in [-0.2, -0.15) is 0 Å². The largest absolute Gasteiger partial charge is 0.490 e. The molecule has 144 valence electrons. The van der Waals surface area contributed by atoms with Crippen molar-refractivity contribution in [3.8, 4) is 11.5 Å². The predicted octanol–water partition coefficient (Wildman–Crippen LogP) is 2.67.